The van der Waals surface area contributed by atoms with Gasteiger partial charge in [0.25, 0.3) is 11.1 Å². The van der Waals surface area contributed by atoms with E-state index in [1.807, 2.05) is 65.4 Å². The predicted octanol–water partition coefficient (Wildman–Crippen LogP) is 6.76. The summed E-state index contributed by atoms with van der Waals surface area (Å²) < 4.78 is 16.3. The molecule has 1 fully saturated rings. The van der Waals surface area contributed by atoms with Crippen LogP contribution in [0.3, 0.4) is 0 Å². The summed E-state index contributed by atoms with van der Waals surface area (Å²) in [4.78, 5) is 27.2. The lowest BCUT2D eigenvalue weighted by Crippen LogP contribution is -2.30. The van der Waals surface area contributed by atoms with Gasteiger partial charge in [0.15, 0.2) is 0 Å². The van der Waals surface area contributed by atoms with Crippen LogP contribution in [0.25, 0.3) is 17.0 Å². The standard InChI is InChI=1S/C27H20ClFN2O2S/c28-22-10-6-11-23(29)21(22)17-30-16-19(20-9-4-5-12-24(20)30)15-25-26(32)31(27(33)34-25)14-13-18-7-2-1-3-8-18/h1-12,15-16H,13-14,17H2/b25-15-. The summed E-state index contributed by atoms with van der Waals surface area (Å²) in [6.45, 7) is 0.581. The Bertz CT molecular complexity index is 1410. The van der Waals surface area contributed by atoms with Crippen molar-refractivity contribution in [3.63, 3.8) is 0 Å². The maximum atomic E-state index is 14.4. The quantitative estimate of drug-likeness (QED) is 0.280. The first kappa shape index (κ1) is 22.4. The molecule has 0 aliphatic carbocycles. The van der Waals surface area contributed by atoms with Crippen LogP contribution >= 0.6 is 23.4 Å². The van der Waals surface area contributed by atoms with Crippen LogP contribution in [0.2, 0.25) is 5.02 Å². The minimum Gasteiger partial charge on any atom is -0.342 e. The van der Waals surface area contributed by atoms with E-state index in [0.717, 1.165) is 33.8 Å². The average molecular weight is 491 g/mol. The number of benzene rings is 3. The van der Waals surface area contributed by atoms with Crippen molar-refractivity contribution >= 4 is 51.5 Å². The molecule has 1 aliphatic rings. The Hall–Kier alpha value is -3.35. The minimum atomic E-state index is -0.369. The predicted molar refractivity (Wildman–Crippen MR) is 135 cm³/mol. The van der Waals surface area contributed by atoms with Crippen LogP contribution in [0.5, 0.6) is 0 Å². The van der Waals surface area contributed by atoms with Gasteiger partial charge in [0.2, 0.25) is 0 Å². The summed E-state index contributed by atoms with van der Waals surface area (Å²) in [7, 11) is 0. The molecule has 7 heteroatoms. The average Bonchev–Trinajstić information content (AvgIpc) is 3.32. The van der Waals surface area contributed by atoms with Crippen LogP contribution in [-0.2, 0) is 17.8 Å². The normalized spacial score (nSPS) is 15.1. The van der Waals surface area contributed by atoms with E-state index in [1.165, 1.54) is 11.0 Å². The van der Waals surface area contributed by atoms with Crippen molar-refractivity contribution in [2.45, 2.75) is 13.0 Å². The van der Waals surface area contributed by atoms with Crippen LogP contribution in [-0.4, -0.2) is 27.2 Å². The number of halogens is 2. The summed E-state index contributed by atoms with van der Waals surface area (Å²) in [5.41, 5.74) is 3.14. The Morgan fingerprint density at radius 1 is 0.941 bits per heavy atom. The first-order chi connectivity index (χ1) is 16.5. The van der Waals surface area contributed by atoms with Gasteiger partial charge < -0.3 is 4.57 Å². The number of carbonyl (C=O) groups is 2. The van der Waals surface area contributed by atoms with Crippen molar-refractivity contribution < 1.29 is 14.0 Å². The summed E-state index contributed by atoms with van der Waals surface area (Å²) in [5, 5.41) is 0.999. The Balaban J connectivity index is 1.44. The Labute approximate surface area is 205 Å². The van der Waals surface area contributed by atoms with Crippen molar-refractivity contribution in [1.29, 1.82) is 0 Å². The van der Waals surface area contributed by atoms with Gasteiger partial charge in [-0.15, -0.1) is 0 Å². The molecule has 1 saturated heterocycles. The maximum absolute atomic E-state index is 14.4. The third kappa shape index (κ3) is 4.39. The highest BCUT2D eigenvalue weighted by Crippen LogP contribution is 2.34. The van der Waals surface area contributed by atoms with Gasteiger partial charge in [-0.1, -0.05) is 66.2 Å². The van der Waals surface area contributed by atoms with Gasteiger partial charge in [0, 0.05) is 39.8 Å². The molecule has 0 radical (unpaired) electrons. The molecule has 1 aliphatic heterocycles. The number of hydrogen-bond donors (Lipinski definition) is 0. The molecule has 0 spiro atoms. The number of aromatic nitrogens is 1. The van der Waals surface area contributed by atoms with E-state index in [1.54, 1.807) is 18.2 Å². The van der Waals surface area contributed by atoms with Crippen molar-refractivity contribution in [3.05, 3.63) is 111 Å². The number of para-hydroxylation sites is 1. The summed E-state index contributed by atoms with van der Waals surface area (Å²) in [6.07, 6.45) is 4.22. The van der Waals surface area contributed by atoms with E-state index in [-0.39, 0.29) is 23.5 Å². The van der Waals surface area contributed by atoms with E-state index in [0.29, 0.717) is 28.5 Å². The zero-order valence-electron chi connectivity index (χ0n) is 18.1. The molecule has 2 amide bonds. The van der Waals surface area contributed by atoms with E-state index in [2.05, 4.69) is 0 Å². The molecule has 34 heavy (non-hydrogen) atoms. The van der Waals surface area contributed by atoms with E-state index >= 15 is 0 Å². The van der Waals surface area contributed by atoms with E-state index < -0.39 is 0 Å². The third-order valence-corrected chi connectivity index (χ3v) is 7.10. The zero-order chi connectivity index (χ0) is 23.7. The fraction of sp³-hybridized carbons (Fsp3) is 0.111. The number of fused-ring (bicyclic) bond motifs is 1. The van der Waals surface area contributed by atoms with Gasteiger partial charge in [0.1, 0.15) is 5.82 Å². The molecule has 4 nitrogen and oxygen atoms in total. The van der Waals surface area contributed by atoms with Gasteiger partial charge in [-0.2, -0.15) is 0 Å². The molecule has 2 heterocycles. The Morgan fingerprint density at radius 3 is 2.50 bits per heavy atom. The molecule has 5 rings (SSSR count). The van der Waals surface area contributed by atoms with Gasteiger partial charge >= 0.3 is 0 Å². The summed E-state index contributed by atoms with van der Waals surface area (Å²) >= 11 is 7.19. The molecule has 4 aromatic rings. The van der Waals surface area contributed by atoms with Gasteiger partial charge in [-0.25, -0.2) is 4.39 Å². The summed E-state index contributed by atoms with van der Waals surface area (Å²) in [5.74, 6) is -0.661. The number of hydrogen-bond acceptors (Lipinski definition) is 3. The third-order valence-electron chi connectivity index (χ3n) is 5.84. The number of nitrogens with zero attached hydrogens (tertiary/aromatic N) is 2. The SMILES string of the molecule is O=C1S/C(=C\c2cn(Cc3c(F)cccc3Cl)c3ccccc23)C(=O)N1CCc1ccccc1. The highest BCUT2D eigenvalue weighted by molar-refractivity contribution is 8.18. The number of rotatable bonds is 6. The highest BCUT2D eigenvalue weighted by atomic mass is 35.5. The largest absolute Gasteiger partial charge is 0.342 e. The highest BCUT2D eigenvalue weighted by Gasteiger charge is 2.34. The van der Waals surface area contributed by atoms with Crippen LogP contribution in [0.4, 0.5) is 9.18 Å². The van der Waals surface area contributed by atoms with Gasteiger partial charge in [-0.05, 0) is 48.0 Å². The second-order valence-corrected chi connectivity index (χ2v) is 9.40. The smallest absolute Gasteiger partial charge is 0.293 e. The molecule has 0 N–H and O–H groups in total. The molecule has 0 atom stereocenters. The fourth-order valence-electron chi connectivity index (χ4n) is 4.09. The van der Waals surface area contributed by atoms with Gasteiger partial charge in [0.05, 0.1) is 11.4 Å². The fourth-order valence-corrected chi connectivity index (χ4v) is 5.17. The molecule has 1 aromatic heterocycles. The van der Waals surface area contributed by atoms with Crippen molar-refractivity contribution in [2.75, 3.05) is 6.54 Å². The molecule has 0 unspecified atom stereocenters. The number of thioether (sulfide) groups is 1. The van der Waals surface area contributed by atoms with Crippen molar-refractivity contribution in [1.82, 2.24) is 9.47 Å². The number of amides is 2. The van der Waals surface area contributed by atoms with Crippen molar-refractivity contribution in [3.8, 4) is 0 Å². The lowest BCUT2D eigenvalue weighted by molar-refractivity contribution is -0.122. The number of carbonyl (C=O) groups excluding carboxylic acids is 2. The van der Waals surface area contributed by atoms with Crippen LogP contribution in [0, 0.1) is 5.82 Å². The van der Waals surface area contributed by atoms with E-state index in [9.17, 15) is 14.0 Å². The molecule has 0 bridgehead atoms. The topological polar surface area (TPSA) is 42.3 Å². The van der Waals surface area contributed by atoms with Crippen LogP contribution in [0.1, 0.15) is 16.7 Å². The minimum absolute atomic E-state index is 0.248. The molecule has 0 saturated carbocycles. The monoisotopic (exact) mass is 490 g/mol. The lowest BCUT2D eigenvalue weighted by Gasteiger charge is -2.12. The van der Waals surface area contributed by atoms with Crippen LogP contribution < -0.4 is 0 Å². The molecule has 3 aromatic carbocycles. The summed E-state index contributed by atoms with van der Waals surface area (Å²) in [6, 6.07) is 22.1. The second-order valence-electron chi connectivity index (χ2n) is 8.00. The molecule has 170 valence electrons. The molecular weight excluding hydrogens is 471 g/mol. The van der Waals surface area contributed by atoms with E-state index in [4.69, 9.17) is 11.6 Å². The van der Waals surface area contributed by atoms with Crippen molar-refractivity contribution in [2.24, 2.45) is 0 Å². The number of imide groups is 1. The lowest BCUT2D eigenvalue weighted by atomic mass is 10.1. The molecular formula is C27H20ClFN2O2S. The van der Waals surface area contributed by atoms with Crippen LogP contribution in [0.15, 0.2) is 83.9 Å². The Morgan fingerprint density at radius 2 is 1.71 bits per heavy atom. The second kappa shape index (κ2) is 9.49. The van der Waals surface area contributed by atoms with Gasteiger partial charge in [-0.3, -0.25) is 14.5 Å². The zero-order valence-corrected chi connectivity index (χ0v) is 19.7. The Kier molecular flexibility index (Phi) is 6.26. The first-order valence-corrected chi connectivity index (χ1v) is 12.0. The first-order valence-electron chi connectivity index (χ1n) is 10.8. The maximum Gasteiger partial charge on any atom is 0.293 e.